The maximum atomic E-state index is 13.7. The predicted molar refractivity (Wildman–Crippen MR) is 122 cm³/mol. The van der Waals surface area contributed by atoms with Crippen molar-refractivity contribution in [2.24, 2.45) is 5.16 Å². The molecule has 7 heteroatoms. The molecule has 1 aliphatic rings. The molecular weight excluding hydrogens is 431 g/mol. The average molecular weight is 453 g/mol. The Morgan fingerprint density at radius 3 is 2.69 bits per heavy atom. The molecule has 1 aliphatic heterocycles. The maximum absolute atomic E-state index is 13.7. The first-order valence-corrected chi connectivity index (χ1v) is 10.6. The highest BCUT2D eigenvalue weighted by Crippen LogP contribution is 2.22. The molecule has 1 amide bonds. The predicted octanol–water partition coefficient (Wildman–Crippen LogP) is 5.32. The zero-order valence-electron chi connectivity index (χ0n) is 17.5. The fourth-order valence-electron chi connectivity index (χ4n) is 3.60. The topological polar surface area (TPSA) is 51.1 Å². The van der Waals surface area contributed by atoms with Crippen LogP contribution in [0.1, 0.15) is 27.9 Å². The Balaban J connectivity index is 1.52. The van der Waals surface area contributed by atoms with Crippen molar-refractivity contribution in [3.05, 3.63) is 100 Å². The third kappa shape index (κ3) is 5.26. The molecule has 0 saturated carbocycles. The minimum atomic E-state index is -0.456. The Morgan fingerprint density at radius 2 is 1.94 bits per heavy atom. The molecule has 0 saturated heterocycles. The van der Waals surface area contributed by atoms with Gasteiger partial charge in [-0.25, -0.2) is 4.39 Å². The zero-order chi connectivity index (χ0) is 22.5. The number of ether oxygens (including phenoxy) is 1. The van der Waals surface area contributed by atoms with Gasteiger partial charge in [0.05, 0.1) is 19.4 Å². The summed E-state index contributed by atoms with van der Waals surface area (Å²) in [6.45, 7) is 0.621. The van der Waals surface area contributed by atoms with Crippen molar-refractivity contribution in [1.82, 2.24) is 4.90 Å². The highest BCUT2D eigenvalue weighted by atomic mass is 35.5. The Morgan fingerprint density at radius 1 is 1.16 bits per heavy atom. The molecule has 0 fully saturated rings. The van der Waals surface area contributed by atoms with Gasteiger partial charge in [-0.15, -0.1) is 0 Å². The Labute approximate surface area is 191 Å². The fourth-order valence-corrected chi connectivity index (χ4v) is 3.73. The number of halogens is 2. The third-order valence-corrected chi connectivity index (χ3v) is 5.45. The van der Waals surface area contributed by atoms with Gasteiger partial charge >= 0.3 is 0 Å². The third-order valence-electron chi connectivity index (χ3n) is 5.20. The Hall–Kier alpha value is -3.38. The van der Waals surface area contributed by atoms with Crippen molar-refractivity contribution < 1.29 is 18.8 Å². The first-order chi connectivity index (χ1) is 15.5. The number of methoxy groups -OCH3 is 1. The van der Waals surface area contributed by atoms with Gasteiger partial charge in [0, 0.05) is 23.6 Å². The van der Waals surface area contributed by atoms with E-state index in [1.54, 1.807) is 30.2 Å². The molecule has 1 atom stereocenters. The van der Waals surface area contributed by atoms with Gasteiger partial charge < -0.3 is 14.5 Å². The second kappa shape index (κ2) is 9.83. The lowest BCUT2D eigenvalue weighted by Crippen LogP contribution is -2.37. The van der Waals surface area contributed by atoms with Crippen LogP contribution in [0.2, 0.25) is 5.02 Å². The first kappa shape index (κ1) is 21.8. The summed E-state index contributed by atoms with van der Waals surface area (Å²) in [5.74, 6) is -0.0374. The molecule has 0 radical (unpaired) electrons. The van der Waals surface area contributed by atoms with Gasteiger partial charge in [-0.05, 0) is 53.6 Å². The number of hydrogen-bond donors (Lipinski definition) is 0. The minimum Gasteiger partial charge on any atom is -0.497 e. The van der Waals surface area contributed by atoms with Crippen LogP contribution in [0.15, 0.2) is 78.0 Å². The van der Waals surface area contributed by atoms with Gasteiger partial charge in [0.2, 0.25) is 0 Å². The molecule has 0 bridgehead atoms. The second-order valence-electron chi connectivity index (χ2n) is 7.52. The minimum absolute atomic E-state index is 0.282. The van der Waals surface area contributed by atoms with E-state index >= 15 is 0 Å². The standard InChI is InChI=1S/C25H22ClFN2O3/c1-31-22-7-2-4-17(12-22)15-29(25(30)19-5-3-6-21(27)13-19)16-23-14-24(28-32-23)18-8-10-20(26)11-9-18/h2-13,23H,14-16H2,1H3. The summed E-state index contributed by atoms with van der Waals surface area (Å²) < 4.78 is 19.0. The number of benzene rings is 3. The number of nitrogens with zero attached hydrogens (tertiary/aromatic N) is 2. The normalized spacial score (nSPS) is 15.1. The van der Waals surface area contributed by atoms with Crippen LogP contribution in [-0.2, 0) is 11.4 Å². The van der Waals surface area contributed by atoms with E-state index < -0.39 is 5.82 Å². The van der Waals surface area contributed by atoms with E-state index in [1.807, 2.05) is 36.4 Å². The lowest BCUT2D eigenvalue weighted by molar-refractivity contribution is 0.0405. The molecule has 164 valence electrons. The molecule has 5 nitrogen and oxygen atoms in total. The van der Waals surface area contributed by atoms with Crippen molar-refractivity contribution in [3.63, 3.8) is 0 Å². The lowest BCUT2D eigenvalue weighted by Gasteiger charge is -2.25. The molecule has 3 aromatic rings. The van der Waals surface area contributed by atoms with E-state index in [4.69, 9.17) is 21.2 Å². The number of amides is 1. The summed E-state index contributed by atoms with van der Waals surface area (Å²) >= 11 is 5.97. The molecule has 0 aromatic heterocycles. The van der Waals surface area contributed by atoms with E-state index in [1.165, 1.54) is 18.2 Å². The molecule has 32 heavy (non-hydrogen) atoms. The van der Waals surface area contributed by atoms with Gasteiger partial charge in [-0.1, -0.05) is 47.1 Å². The van der Waals surface area contributed by atoms with Crippen LogP contribution in [0.25, 0.3) is 0 Å². The lowest BCUT2D eigenvalue weighted by atomic mass is 10.0. The fraction of sp³-hybridized carbons (Fsp3) is 0.200. The van der Waals surface area contributed by atoms with Crippen molar-refractivity contribution in [2.75, 3.05) is 13.7 Å². The Kier molecular flexibility index (Phi) is 6.71. The Bertz CT molecular complexity index is 1130. The van der Waals surface area contributed by atoms with E-state index in [0.717, 1.165) is 16.8 Å². The van der Waals surface area contributed by atoms with Gasteiger partial charge in [0.15, 0.2) is 6.10 Å². The zero-order valence-corrected chi connectivity index (χ0v) is 18.3. The maximum Gasteiger partial charge on any atom is 0.254 e. The monoisotopic (exact) mass is 452 g/mol. The van der Waals surface area contributed by atoms with Crippen LogP contribution in [0, 0.1) is 5.82 Å². The molecule has 4 rings (SSSR count). The van der Waals surface area contributed by atoms with Gasteiger partial charge in [0.25, 0.3) is 5.91 Å². The average Bonchev–Trinajstić information content (AvgIpc) is 3.27. The molecule has 0 aliphatic carbocycles. The van der Waals surface area contributed by atoms with Gasteiger partial charge in [-0.3, -0.25) is 4.79 Å². The van der Waals surface area contributed by atoms with Gasteiger partial charge in [0.1, 0.15) is 11.6 Å². The smallest absolute Gasteiger partial charge is 0.254 e. The van der Waals surface area contributed by atoms with Crippen molar-refractivity contribution in [2.45, 2.75) is 19.1 Å². The van der Waals surface area contributed by atoms with Crippen LogP contribution >= 0.6 is 11.6 Å². The van der Waals surface area contributed by atoms with E-state index in [2.05, 4.69) is 5.16 Å². The summed E-state index contributed by atoms with van der Waals surface area (Å²) in [6, 6.07) is 20.6. The molecule has 0 spiro atoms. The van der Waals surface area contributed by atoms with Crippen LogP contribution in [0.4, 0.5) is 4.39 Å². The summed E-state index contributed by atoms with van der Waals surface area (Å²) in [6.07, 6.45) is 0.232. The highest BCUT2D eigenvalue weighted by molar-refractivity contribution is 6.30. The molecular formula is C25H22ClFN2O3. The molecule has 1 heterocycles. The molecule has 0 N–H and O–H groups in total. The summed E-state index contributed by atoms with van der Waals surface area (Å²) in [4.78, 5) is 20.5. The number of oxime groups is 1. The van der Waals surface area contributed by atoms with Gasteiger partial charge in [-0.2, -0.15) is 0 Å². The summed E-state index contributed by atoms with van der Waals surface area (Å²) in [5, 5.41) is 4.85. The number of rotatable bonds is 7. The second-order valence-corrected chi connectivity index (χ2v) is 7.96. The van der Waals surface area contributed by atoms with E-state index in [9.17, 15) is 9.18 Å². The van der Waals surface area contributed by atoms with E-state index in [0.29, 0.717) is 30.3 Å². The van der Waals surface area contributed by atoms with Crippen LogP contribution in [0.5, 0.6) is 5.75 Å². The quantitative estimate of drug-likeness (QED) is 0.487. The van der Waals surface area contributed by atoms with Crippen LogP contribution in [-0.4, -0.2) is 36.3 Å². The number of carbonyl (C=O) groups is 1. The highest BCUT2D eigenvalue weighted by Gasteiger charge is 2.27. The summed E-state index contributed by atoms with van der Waals surface area (Å²) in [7, 11) is 1.59. The number of carbonyl (C=O) groups excluding carboxylic acids is 1. The van der Waals surface area contributed by atoms with Crippen molar-refractivity contribution in [1.29, 1.82) is 0 Å². The SMILES string of the molecule is COc1cccc(CN(CC2CC(c3ccc(Cl)cc3)=NO2)C(=O)c2cccc(F)c2)c1. The van der Waals surface area contributed by atoms with Crippen LogP contribution < -0.4 is 4.74 Å². The molecule has 3 aromatic carbocycles. The van der Waals surface area contributed by atoms with Crippen molar-refractivity contribution in [3.8, 4) is 5.75 Å². The largest absolute Gasteiger partial charge is 0.497 e. The number of hydrogen-bond acceptors (Lipinski definition) is 4. The first-order valence-electron chi connectivity index (χ1n) is 10.2. The van der Waals surface area contributed by atoms with Crippen LogP contribution in [0.3, 0.4) is 0 Å². The van der Waals surface area contributed by atoms with Crippen molar-refractivity contribution >= 4 is 23.2 Å². The molecule has 1 unspecified atom stereocenters. The van der Waals surface area contributed by atoms with E-state index in [-0.39, 0.29) is 17.6 Å². The summed E-state index contributed by atoms with van der Waals surface area (Å²) in [5.41, 5.74) is 2.90.